The standard InChI is InChI=1S/C16H18ClFO2S/c17-14-9-12(18)1-2-13(14)15(19)11-3-6-20-16(10-11)4-7-21-8-5-16/h1-2,9,11H,3-8,10H2. The number of hydrogen-bond acceptors (Lipinski definition) is 3. The van der Waals surface area contributed by atoms with E-state index in [1.54, 1.807) is 0 Å². The maximum absolute atomic E-state index is 13.1. The molecule has 3 rings (SSSR count). The quantitative estimate of drug-likeness (QED) is 0.755. The van der Waals surface area contributed by atoms with Gasteiger partial charge in [0.15, 0.2) is 5.78 Å². The van der Waals surface area contributed by atoms with Gasteiger partial charge in [-0.05, 0) is 55.4 Å². The molecule has 1 spiro atoms. The van der Waals surface area contributed by atoms with Crippen LogP contribution in [0.5, 0.6) is 0 Å². The summed E-state index contributed by atoms with van der Waals surface area (Å²) in [7, 11) is 0. The van der Waals surface area contributed by atoms with Gasteiger partial charge in [-0.25, -0.2) is 4.39 Å². The van der Waals surface area contributed by atoms with Gasteiger partial charge in [-0.3, -0.25) is 4.79 Å². The van der Waals surface area contributed by atoms with Crippen molar-refractivity contribution in [1.29, 1.82) is 0 Å². The average Bonchev–Trinajstić information content (AvgIpc) is 2.47. The number of hydrogen-bond donors (Lipinski definition) is 0. The largest absolute Gasteiger partial charge is 0.375 e. The van der Waals surface area contributed by atoms with E-state index in [2.05, 4.69) is 0 Å². The van der Waals surface area contributed by atoms with Crippen LogP contribution in [0.25, 0.3) is 0 Å². The minimum absolute atomic E-state index is 0.0286. The Morgan fingerprint density at radius 3 is 2.86 bits per heavy atom. The van der Waals surface area contributed by atoms with Crippen LogP contribution in [0, 0.1) is 11.7 Å². The highest BCUT2D eigenvalue weighted by Crippen LogP contribution is 2.41. The molecular formula is C16H18ClFO2S. The van der Waals surface area contributed by atoms with E-state index in [4.69, 9.17) is 16.3 Å². The Bertz CT molecular complexity index is 538. The topological polar surface area (TPSA) is 26.3 Å². The van der Waals surface area contributed by atoms with Crippen LogP contribution >= 0.6 is 23.4 Å². The van der Waals surface area contributed by atoms with Crippen LogP contribution < -0.4 is 0 Å². The summed E-state index contributed by atoms with van der Waals surface area (Å²) < 4.78 is 19.1. The van der Waals surface area contributed by atoms with Crippen LogP contribution in [-0.4, -0.2) is 29.5 Å². The minimum Gasteiger partial charge on any atom is -0.375 e. The molecule has 1 aromatic rings. The molecule has 2 aliphatic rings. The lowest BCUT2D eigenvalue weighted by atomic mass is 9.79. The predicted molar refractivity (Wildman–Crippen MR) is 83.7 cm³/mol. The molecule has 0 aromatic heterocycles. The second kappa shape index (κ2) is 6.27. The summed E-state index contributed by atoms with van der Waals surface area (Å²) in [6, 6.07) is 4.01. The molecule has 1 unspecified atom stereocenters. The summed E-state index contributed by atoms with van der Waals surface area (Å²) in [4.78, 5) is 12.7. The summed E-state index contributed by atoms with van der Waals surface area (Å²) in [5, 5.41) is 0.208. The highest BCUT2D eigenvalue weighted by atomic mass is 35.5. The van der Waals surface area contributed by atoms with E-state index in [0.29, 0.717) is 12.2 Å². The molecule has 0 aliphatic carbocycles. The molecule has 5 heteroatoms. The van der Waals surface area contributed by atoms with E-state index >= 15 is 0 Å². The molecule has 2 heterocycles. The van der Waals surface area contributed by atoms with Crippen molar-refractivity contribution in [2.24, 2.45) is 5.92 Å². The van der Waals surface area contributed by atoms with Gasteiger partial charge in [-0.15, -0.1) is 0 Å². The third kappa shape index (κ3) is 3.27. The van der Waals surface area contributed by atoms with Crippen LogP contribution in [0.1, 0.15) is 36.0 Å². The summed E-state index contributed by atoms with van der Waals surface area (Å²) in [6.07, 6.45) is 3.51. The van der Waals surface area contributed by atoms with Gasteiger partial charge in [-0.2, -0.15) is 11.8 Å². The molecule has 2 fully saturated rings. The van der Waals surface area contributed by atoms with Gasteiger partial charge < -0.3 is 4.74 Å². The zero-order valence-electron chi connectivity index (χ0n) is 11.7. The first kappa shape index (κ1) is 15.3. The van der Waals surface area contributed by atoms with E-state index < -0.39 is 5.82 Å². The lowest BCUT2D eigenvalue weighted by Crippen LogP contribution is -2.44. The van der Waals surface area contributed by atoms with Crippen molar-refractivity contribution in [3.05, 3.63) is 34.6 Å². The molecule has 0 radical (unpaired) electrons. The minimum atomic E-state index is -0.413. The molecule has 114 valence electrons. The number of ketones is 1. The number of benzene rings is 1. The fourth-order valence-electron chi connectivity index (χ4n) is 3.25. The SMILES string of the molecule is O=C(c1ccc(F)cc1Cl)C1CCOC2(CCSCC2)C1. The molecule has 1 aromatic carbocycles. The Kier molecular flexibility index (Phi) is 4.57. The van der Waals surface area contributed by atoms with E-state index in [0.717, 1.165) is 37.2 Å². The fourth-order valence-corrected chi connectivity index (χ4v) is 4.75. The van der Waals surface area contributed by atoms with Crippen LogP contribution in [0.15, 0.2) is 18.2 Å². The maximum atomic E-state index is 13.1. The molecule has 0 amide bonds. The summed E-state index contributed by atoms with van der Waals surface area (Å²) >= 11 is 7.97. The first-order valence-electron chi connectivity index (χ1n) is 7.31. The average molecular weight is 329 g/mol. The molecule has 21 heavy (non-hydrogen) atoms. The second-order valence-electron chi connectivity index (χ2n) is 5.82. The molecule has 2 aliphatic heterocycles. The molecular weight excluding hydrogens is 311 g/mol. The van der Waals surface area contributed by atoms with Crippen molar-refractivity contribution >= 4 is 29.1 Å². The monoisotopic (exact) mass is 328 g/mol. The number of carbonyl (C=O) groups excluding carboxylic acids is 1. The van der Waals surface area contributed by atoms with Crippen molar-refractivity contribution in [2.75, 3.05) is 18.1 Å². The second-order valence-corrected chi connectivity index (χ2v) is 7.45. The lowest BCUT2D eigenvalue weighted by molar-refractivity contribution is -0.0959. The summed E-state index contributed by atoms with van der Waals surface area (Å²) in [5.74, 6) is 1.74. The van der Waals surface area contributed by atoms with E-state index in [9.17, 15) is 9.18 Å². The van der Waals surface area contributed by atoms with Gasteiger partial charge in [0.05, 0.1) is 10.6 Å². The molecule has 2 nitrogen and oxygen atoms in total. The van der Waals surface area contributed by atoms with Crippen molar-refractivity contribution in [2.45, 2.75) is 31.3 Å². The zero-order chi connectivity index (χ0) is 14.9. The van der Waals surface area contributed by atoms with Gasteiger partial charge in [0.1, 0.15) is 5.82 Å². The van der Waals surface area contributed by atoms with Crippen LogP contribution in [0.4, 0.5) is 4.39 Å². The Morgan fingerprint density at radius 1 is 1.38 bits per heavy atom. The third-order valence-corrected chi connectivity index (χ3v) is 5.76. The molecule has 1 atom stereocenters. The number of carbonyl (C=O) groups is 1. The van der Waals surface area contributed by atoms with E-state index in [1.807, 2.05) is 11.8 Å². The first-order chi connectivity index (χ1) is 10.1. The summed E-state index contributed by atoms with van der Waals surface area (Å²) in [6.45, 7) is 0.625. The van der Waals surface area contributed by atoms with Crippen molar-refractivity contribution < 1.29 is 13.9 Å². The van der Waals surface area contributed by atoms with Crippen molar-refractivity contribution in [1.82, 2.24) is 0 Å². The van der Waals surface area contributed by atoms with Gasteiger partial charge in [0.25, 0.3) is 0 Å². The number of rotatable bonds is 2. The smallest absolute Gasteiger partial charge is 0.167 e. The predicted octanol–water partition coefficient (Wildman–Crippen LogP) is 4.35. The number of ether oxygens (including phenoxy) is 1. The van der Waals surface area contributed by atoms with Gasteiger partial charge in [0, 0.05) is 18.1 Å². The normalized spacial score (nSPS) is 25.0. The Hall–Kier alpha value is -0.580. The molecule has 0 saturated carbocycles. The van der Waals surface area contributed by atoms with E-state index in [-0.39, 0.29) is 22.3 Å². The number of Topliss-reactive ketones (excluding diaryl/α,β-unsaturated/α-hetero) is 1. The highest BCUT2D eigenvalue weighted by molar-refractivity contribution is 7.99. The van der Waals surface area contributed by atoms with Gasteiger partial charge in [0.2, 0.25) is 0 Å². The third-order valence-electron chi connectivity index (χ3n) is 4.46. The van der Waals surface area contributed by atoms with Crippen LogP contribution in [0.2, 0.25) is 5.02 Å². The first-order valence-corrected chi connectivity index (χ1v) is 8.84. The Morgan fingerprint density at radius 2 is 2.14 bits per heavy atom. The fraction of sp³-hybridized carbons (Fsp3) is 0.562. The molecule has 0 bridgehead atoms. The number of halogens is 2. The Balaban J connectivity index is 1.77. The Labute approximate surface area is 133 Å². The molecule has 0 N–H and O–H groups in total. The number of thioether (sulfide) groups is 1. The molecule has 2 saturated heterocycles. The van der Waals surface area contributed by atoms with Gasteiger partial charge in [-0.1, -0.05) is 11.6 Å². The lowest BCUT2D eigenvalue weighted by Gasteiger charge is -2.43. The maximum Gasteiger partial charge on any atom is 0.167 e. The highest BCUT2D eigenvalue weighted by Gasteiger charge is 2.41. The summed E-state index contributed by atoms with van der Waals surface area (Å²) in [5.41, 5.74) is 0.307. The zero-order valence-corrected chi connectivity index (χ0v) is 13.3. The van der Waals surface area contributed by atoms with Crippen molar-refractivity contribution in [3.8, 4) is 0 Å². The van der Waals surface area contributed by atoms with Gasteiger partial charge >= 0.3 is 0 Å². The van der Waals surface area contributed by atoms with Crippen LogP contribution in [0.3, 0.4) is 0 Å². The van der Waals surface area contributed by atoms with Crippen molar-refractivity contribution in [3.63, 3.8) is 0 Å². The van der Waals surface area contributed by atoms with Crippen LogP contribution in [-0.2, 0) is 4.74 Å². The van der Waals surface area contributed by atoms with E-state index in [1.165, 1.54) is 18.2 Å².